The molecule has 2 aromatic rings. The highest BCUT2D eigenvalue weighted by molar-refractivity contribution is 6.30. The largest absolute Gasteiger partial charge is 0.434 e. The summed E-state index contributed by atoms with van der Waals surface area (Å²) in [6.45, 7) is 1.82. The number of nitrogens with one attached hydrogen (secondary N) is 2. The number of benzene rings is 1. The molecule has 0 bridgehead atoms. The van der Waals surface area contributed by atoms with Crippen LogP contribution in [0.25, 0.3) is 5.69 Å². The van der Waals surface area contributed by atoms with Crippen LogP contribution < -0.4 is 10.6 Å². The molecular weight excluding hydrogens is 380 g/mol. The van der Waals surface area contributed by atoms with E-state index in [-0.39, 0.29) is 24.0 Å². The van der Waals surface area contributed by atoms with E-state index in [4.69, 9.17) is 11.6 Å². The Bertz CT molecular complexity index is 742. The molecule has 1 aromatic heterocycles. The molecule has 0 atom stereocenters. The van der Waals surface area contributed by atoms with Crippen molar-refractivity contribution in [2.45, 2.75) is 6.18 Å². The molecule has 2 N–H and O–H groups in total. The standard InChI is InChI=1S/C15H14ClF3N4O.ClH/c16-10-1-3-11(4-2-10)23-13(15(17,18)19)12(8-22-23)14(24)21-7-9-5-20-6-9;/h1-4,8-9,20H,5-7H2,(H,21,24);1H. The fourth-order valence-corrected chi connectivity index (χ4v) is 2.52. The summed E-state index contributed by atoms with van der Waals surface area (Å²) in [5.41, 5.74) is -1.42. The molecule has 1 aliphatic rings. The van der Waals surface area contributed by atoms with Gasteiger partial charge < -0.3 is 10.6 Å². The summed E-state index contributed by atoms with van der Waals surface area (Å²) in [7, 11) is 0. The van der Waals surface area contributed by atoms with E-state index in [1.165, 1.54) is 24.3 Å². The first-order chi connectivity index (χ1) is 11.4. The van der Waals surface area contributed by atoms with Gasteiger partial charge in [-0.15, -0.1) is 12.4 Å². The number of halogens is 5. The third-order valence-electron chi connectivity index (χ3n) is 3.77. The summed E-state index contributed by atoms with van der Waals surface area (Å²) < 4.78 is 41.1. The predicted molar refractivity (Wildman–Crippen MR) is 89.5 cm³/mol. The molecule has 10 heteroatoms. The Morgan fingerprint density at radius 1 is 1.32 bits per heavy atom. The van der Waals surface area contributed by atoms with Gasteiger partial charge in [0, 0.05) is 30.6 Å². The monoisotopic (exact) mass is 394 g/mol. The van der Waals surface area contributed by atoms with Crippen molar-refractivity contribution < 1.29 is 18.0 Å². The number of hydrogen-bond acceptors (Lipinski definition) is 3. The summed E-state index contributed by atoms with van der Waals surface area (Å²) >= 11 is 5.75. The van der Waals surface area contributed by atoms with Crippen molar-refractivity contribution in [1.29, 1.82) is 0 Å². The van der Waals surface area contributed by atoms with Crippen molar-refractivity contribution in [2.24, 2.45) is 5.92 Å². The fourth-order valence-electron chi connectivity index (χ4n) is 2.39. The van der Waals surface area contributed by atoms with Crippen molar-refractivity contribution in [3.05, 3.63) is 46.7 Å². The minimum atomic E-state index is -4.72. The summed E-state index contributed by atoms with van der Waals surface area (Å²) in [5, 5.41) is 9.71. The smallest absolute Gasteiger partial charge is 0.352 e. The van der Waals surface area contributed by atoms with Crippen LogP contribution in [-0.4, -0.2) is 35.3 Å². The van der Waals surface area contributed by atoms with Gasteiger partial charge in [0.25, 0.3) is 5.91 Å². The van der Waals surface area contributed by atoms with Crippen LogP contribution in [0, 0.1) is 5.92 Å². The molecular formula is C15H15Cl2F3N4O. The molecule has 1 amide bonds. The Morgan fingerprint density at radius 2 is 1.96 bits per heavy atom. The van der Waals surface area contributed by atoms with Gasteiger partial charge in [-0.25, -0.2) is 4.68 Å². The lowest BCUT2D eigenvalue weighted by Gasteiger charge is -2.27. The number of hydrogen-bond donors (Lipinski definition) is 2. The average molecular weight is 395 g/mol. The number of rotatable bonds is 4. The fraction of sp³-hybridized carbons (Fsp3) is 0.333. The maximum absolute atomic E-state index is 13.5. The van der Waals surface area contributed by atoms with Crippen LogP contribution in [0.4, 0.5) is 13.2 Å². The van der Waals surface area contributed by atoms with Crippen molar-refractivity contribution in [3.63, 3.8) is 0 Å². The first-order valence-corrected chi connectivity index (χ1v) is 7.64. The molecule has 0 unspecified atom stereocenters. The Kier molecular flexibility index (Phi) is 5.97. The molecule has 2 heterocycles. The van der Waals surface area contributed by atoms with Gasteiger partial charge in [-0.1, -0.05) is 11.6 Å². The minimum absolute atomic E-state index is 0. The lowest BCUT2D eigenvalue weighted by Crippen LogP contribution is -2.48. The molecule has 0 aliphatic carbocycles. The molecule has 25 heavy (non-hydrogen) atoms. The first kappa shape index (κ1) is 19.6. The van der Waals surface area contributed by atoms with Gasteiger partial charge in [0.15, 0.2) is 5.69 Å². The zero-order chi connectivity index (χ0) is 17.3. The molecule has 0 spiro atoms. The number of carbonyl (C=O) groups is 1. The molecule has 3 rings (SSSR count). The predicted octanol–water partition coefficient (Wildman–Crippen LogP) is 2.92. The topological polar surface area (TPSA) is 59.0 Å². The number of alkyl halides is 3. The lowest BCUT2D eigenvalue weighted by molar-refractivity contribution is -0.143. The van der Waals surface area contributed by atoms with E-state index >= 15 is 0 Å². The number of aromatic nitrogens is 2. The average Bonchev–Trinajstić information content (AvgIpc) is 2.91. The van der Waals surface area contributed by atoms with Crippen molar-refractivity contribution in [3.8, 4) is 5.69 Å². The molecule has 1 fully saturated rings. The molecule has 0 saturated carbocycles. The SMILES string of the molecule is Cl.O=C(NCC1CNC1)c1cnn(-c2ccc(Cl)cc2)c1C(F)(F)F. The van der Waals surface area contributed by atoms with Gasteiger partial charge >= 0.3 is 6.18 Å². The quantitative estimate of drug-likeness (QED) is 0.837. The Balaban J connectivity index is 0.00000225. The van der Waals surface area contributed by atoms with Gasteiger partial charge in [0.2, 0.25) is 0 Å². The second-order valence-electron chi connectivity index (χ2n) is 5.53. The van der Waals surface area contributed by atoms with E-state index in [2.05, 4.69) is 15.7 Å². The third-order valence-corrected chi connectivity index (χ3v) is 4.02. The summed E-state index contributed by atoms with van der Waals surface area (Å²) in [6.07, 6.45) is -3.79. The van der Waals surface area contributed by atoms with Gasteiger partial charge in [0.1, 0.15) is 0 Å². The maximum Gasteiger partial charge on any atom is 0.434 e. The van der Waals surface area contributed by atoms with Crippen LogP contribution in [0.3, 0.4) is 0 Å². The zero-order valence-electron chi connectivity index (χ0n) is 12.8. The Morgan fingerprint density at radius 3 is 2.48 bits per heavy atom. The normalized spacial score (nSPS) is 14.6. The number of carbonyl (C=O) groups excluding carboxylic acids is 1. The molecule has 1 aliphatic heterocycles. The third kappa shape index (κ3) is 4.26. The summed E-state index contributed by atoms with van der Waals surface area (Å²) in [4.78, 5) is 12.1. The molecule has 1 saturated heterocycles. The van der Waals surface area contributed by atoms with E-state index in [1.54, 1.807) is 0 Å². The van der Waals surface area contributed by atoms with Crippen molar-refractivity contribution in [1.82, 2.24) is 20.4 Å². The minimum Gasteiger partial charge on any atom is -0.352 e. The van der Waals surface area contributed by atoms with Gasteiger partial charge in [-0.2, -0.15) is 18.3 Å². The highest BCUT2D eigenvalue weighted by Crippen LogP contribution is 2.33. The van der Waals surface area contributed by atoms with Crippen molar-refractivity contribution >= 4 is 29.9 Å². The van der Waals surface area contributed by atoms with E-state index in [0.717, 1.165) is 19.3 Å². The highest BCUT2D eigenvalue weighted by Gasteiger charge is 2.40. The molecule has 0 radical (unpaired) electrons. The van der Waals surface area contributed by atoms with E-state index in [1.807, 2.05) is 0 Å². The van der Waals surface area contributed by atoms with E-state index in [9.17, 15) is 18.0 Å². The molecule has 136 valence electrons. The lowest BCUT2D eigenvalue weighted by atomic mass is 10.0. The first-order valence-electron chi connectivity index (χ1n) is 7.26. The zero-order valence-corrected chi connectivity index (χ0v) is 14.4. The highest BCUT2D eigenvalue weighted by atomic mass is 35.5. The van der Waals surface area contributed by atoms with Gasteiger partial charge in [-0.3, -0.25) is 4.79 Å². The second kappa shape index (κ2) is 7.63. The number of amides is 1. The van der Waals surface area contributed by atoms with Crippen LogP contribution in [-0.2, 0) is 6.18 Å². The van der Waals surface area contributed by atoms with Gasteiger partial charge in [-0.05, 0) is 24.3 Å². The molecule has 1 aromatic carbocycles. The Hall–Kier alpha value is -1.77. The maximum atomic E-state index is 13.5. The van der Waals surface area contributed by atoms with E-state index < -0.39 is 23.3 Å². The van der Waals surface area contributed by atoms with Crippen LogP contribution >= 0.6 is 24.0 Å². The van der Waals surface area contributed by atoms with Crippen molar-refractivity contribution in [2.75, 3.05) is 19.6 Å². The summed E-state index contributed by atoms with van der Waals surface area (Å²) in [5.74, 6) is -0.538. The van der Waals surface area contributed by atoms with Gasteiger partial charge in [0.05, 0.1) is 17.4 Å². The Labute approximate surface area is 152 Å². The summed E-state index contributed by atoms with van der Waals surface area (Å²) in [6, 6.07) is 5.74. The van der Waals surface area contributed by atoms with E-state index in [0.29, 0.717) is 16.2 Å². The van der Waals surface area contributed by atoms with Crippen LogP contribution in [0.1, 0.15) is 16.1 Å². The second-order valence-corrected chi connectivity index (χ2v) is 5.96. The van der Waals surface area contributed by atoms with Crippen LogP contribution in [0.2, 0.25) is 5.02 Å². The van der Waals surface area contributed by atoms with Crippen LogP contribution in [0.5, 0.6) is 0 Å². The molecule has 5 nitrogen and oxygen atoms in total. The number of nitrogens with zero attached hydrogens (tertiary/aromatic N) is 2. The van der Waals surface area contributed by atoms with Crippen LogP contribution in [0.15, 0.2) is 30.5 Å².